The molecule has 0 aromatic carbocycles. The fourth-order valence-corrected chi connectivity index (χ4v) is 11.0. The molecule has 0 amide bonds. The first-order valence-electron chi connectivity index (χ1n) is 36.8. The number of allylic oxidation sites excluding steroid dienone is 10. The van der Waals surface area contributed by atoms with Gasteiger partial charge >= 0.3 is 17.9 Å². The molecule has 0 aliphatic heterocycles. The van der Waals surface area contributed by atoms with Crippen LogP contribution in [0.25, 0.3) is 0 Å². The normalized spacial score (nSPS) is 12.4. The maximum Gasteiger partial charge on any atom is 0.306 e. The third kappa shape index (κ3) is 69.8. The fraction of sp³-hybridized carbons (Fsp3) is 0.831. The van der Waals surface area contributed by atoms with E-state index in [0.717, 1.165) is 83.5 Å². The lowest BCUT2D eigenvalue weighted by Crippen LogP contribution is -2.30. The second kappa shape index (κ2) is 71.6. The largest absolute Gasteiger partial charge is 0.462 e. The van der Waals surface area contributed by atoms with Gasteiger partial charge in [0.1, 0.15) is 13.2 Å². The minimum absolute atomic E-state index is 0.0743. The maximum absolute atomic E-state index is 12.9. The summed E-state index contributed by atoms with van der Waals surface area (Å²) in [6.07, 6.45) is 92.6. The quantitative estimate of drug-likeness (QED) is 0.0261. The van der Waals surface area contributed by atoms with E-state index in [2.05, 4.69) is 81.5 Å². The van der Waals surface area contributed by atoms with Crippen LogP contribution in [0.2, 0.25) is 0 Å². The molecular weight excluding hydrogens is 1020 g/mol. The highest BCUT2D eigenvalue weighted by Gasteiger charge is 2.19. The molecule has 83 heavy (non-hydrogen) atoms. The second-order valence-electron chi connectivity index (χ2n) is 24.9. The zero-order chi connectivity index (χ0) is 59.9. The van der Waals surface area contributed by atoms with E-state index in [1.165, 1.54) is 270 Å². The fourth-order valence-electron chi connectivity index (χ4n) is 11.0. The highest BCUT2D eigenvalue weighted by atomic mass is 16.6. The molecule has 0 bridgehead atoms. The summed E-state index contributed by atoms with van der Waals surface area (Å²) < 4.78 is 17.0. The Hall–Kier alpha value is -2.89. The Morgan fingerprint density at radius 3 is 0.699 bits per heavy atom. The third-order valence-electron chi connectivity index (χ3n) is 16.5. The van der Waals surface area contributed by atoms with Gasteiger partial charge in [0.05, 0.1) is 0 Å². The number of ether oxygens (including phenoxy) is 3. The van der Waals surface area contributed by atoms with Crippen molar-refractivity contribution in [1.29, 1.82) is 0 Å². The minimum Gasteiger partial charge on any atom is -0.462 e. The molecule has 6 heteroatoms. The Balaban J connectivity index is 4.15. The van der Waals surface area contributed by atoms with Crippen LogP contribution >= 0.6 is 0 Å². The number of rotatable bonds is 68. The highest BCUT2D eigenvalue weighted by Crippen LogP contribution is 2.18. The number of esters is 3. The summed E-state index contributed by atoms with van der Waals surface area (Å²) in [4.78, 5) is 38.4. The SMILES string of the molecule is CCCCC/C=C\C/C=C\C/C=C\CCCCCCCCC(=O)OC(COC(=O)CCCCCCCCCCCCCCC)COC(=O)CCCCCCCCCCCCCCCCCCCCCCC/C=C\C/C=C\CCCCCCC. The zero-order valence-corrected chi connectivity index (χ0v) is 55.7. The van der Waals surface area contributed by atoms with Crippen molar-refractivity contribution in [3.05, 3.63) is 60.8 Å². The minimum atomic E-state index is -0.779. The van der Waals surface area contributed by atoms with E-state index in [9.17, 15) is 14.4 Å². The Labute approximate surface area is 517 Å². The molecule has 0 aliphatic rings. The molecule has 0 aromatic rings. The molecule has 0 aliphatic carbocycles. The molecule has 0 N–H and O–H groups in total. The summed E-state index contributed by atoms with van der Waals surface area (Å²) in [5.74, 6) is -0.861. The first-order chi connectivity index (χ1) is 41.0. The van der Waals surface area contributed by atoms with Crippen LogP contribution in [-0.4, -0.2) is 37.2 Å². The van der Waals surface area contributed by atoms with Gasteiger partial charge in [-0.25, -0.2) is 0 Å². The van der Waals surface area contributed by atoms with Gasteiger partial charge in [-0.2, -0.15) is 0 Å². The molecule has 0 radical (unpaired) electrons. The predicted molar refractivity (Wildman–Crippen MR) is 362 cm³/mol. The Morgan fingerprint density at radius 1 is 0.241 bits per heavy atom. The molecule has 0 saturated heterocycles. The van der Waals surface area contributed by atoms with Crippen LogP contribution in [0.1, 0.15) is 393 Å². The molecule has 484 valence electrons. The zero-order valence-electron chi connectivity index (χ0n) is 55.7. The van der Waals surface area contributed by atoms with Gasteiger partial charge in [0.25, 0.3) is 0 Å². The van der Waals surface area contributed by atoms with E-state index >= 15 is 0 Å². The standard InChI is InChI=1S/C77H140O6/c1-4-7-10-13-16-19-22-25-27-29-31-32-33-34-35-36-37-38-39-40-41-42-43-44-46-47-49-52-55-58-61-64-67-70-76(79)82-73-74(72-81-75(78)69-66-63-60-57-54-51-24-21-18-15-12-9-6-3)83-77(80)71-68-65-62-59-56-53-50-48-45-30-28-26-23-20-17-14-11-8-5-2/h17,20,22,25-26,28-29,31,45,48,74H,4-16,18-19,21,23-24,27,30,32-44,46-47,49-73H2,1-3H3/b20-17-,25-22-,28-26-,31-29-,48-45-. The van der Waals surface area contributed by atoms with Gasteiger partial charge < -0.3 is 14.2 Å². The topological polar surface area (TPSA) is 78.9 Å². The first kappa shape index (κ1) is 80.1. The number of unbranched alkanes of at least 4 members (excludes halogenated alkanes) is 47. The van der Waals surface area contributed by atoms with Crippen molar-refractivity contribution >= 4 is 17.9 Å². The van der Waals surface area contributed by atoms with E-state index in [1.54, 1.807) is 0 Å². The van der Waals surface area contributed by atoms with Crippen LogP contribution in [0.3, 0.4) is 0 Å². The predicted octanol–water partition coefficient (Wildman–Crippen LogP) is 25.5. The Morgan fingerprint density at radius 2 is 0.434 bits per heavy atom. The van der Waals surface area contributed by atoms with Crippen molar-refractivity contribution in [2.24, 2.45) is 0 Å². The third-order valence-corrected chi connectivity index (χ3v) is 16.5. The van der Waals surface area contributed by atoms with Crippen LogP contribution in [0.5, 0.6) is 0 Å². The summed E-state index contributed by atoms with van der Waals surface area (Å²) in [6.45, 7) is 6.65. The molecule has 0 spiro atoms. The monoisotopic (exact) mass is 1160 g/mol. The summed E-state index contributed by atoms with van der Waals surface area (Å²) in [5, 5.41) is 0. The van der Waals surface area contributed by atoms with Crippen LogP contribution in [0.4, 0.5) is 0 Å². The van der Waals surface area contributed by atoms with Crippen molar-refractivity contribution in [3.8, 4) is 0 Å². The lowest BCUT2D eigenvalue weighted by molar-refractivity contribution is -0.167. The van der Waals surface area contributed by atoms with Crippen LogP contribution in [-0.2, 0) is 28.6 Å². The van der Waals surface area contributed by atoms with E-state index < -0.39 is 6.10 Å². The maximum atomic E-state index is 12.9. The average molecular weight is 1160 g/mol. The summed E-state index contributed by atoms with van der Waals surface area (Å²) >= 11 is 0. The second-order valence-corrected chi connectivity index (χ2v) is 24.9. The molecule has 6 nitrogen and oxygen atoms in total. The molecule has 0 rings (SSSR count). The lowest BCUT2D eigenvalue weighted by Gasteiger charge is -2.18. The molecule has 0 fully saturated rings. The van der Waals surface area contributed by atoms with Gasteiger partial charge in [0.15, 0.2) is 6.10 Å². The van der Waals surface area contributed by atoms with Crippen LogP contribution in [0.15, 0.2) is 60.8 Å². The van der Waals surface area contributed by atoms with Crippen molar-refractivity contribution in [2.75, 3.05) is 13.2 Å². The van der Waals surface area contributed by atoms with Crippen LogP contribution < -0.4 is 0 Å². The number of hydrogen-bond acceptors (Lipinski definition) is 6. The smallest absolute Gasteiger partial charge is 0.306 e. The summed E-state index contributed by atoms with van der Waals surface area (Å²) in [6, 6.07) is 0. The molecule has 1 unspecified atom stereocenters. The van der Waals surface area contributed by atoms with E-state index in [0.29, 0.717) is 19.3 Å². The van der Waals surface area contributed by atoms with Gasteiger partial charge in [-0.1, -0.05) is 345 Å². The number of carbonyl (C=O) groups excluding carboxylic acids is 3. The van der Waals surface area contributed by atoms with Gasteiger partial charge in [-0.15, -0.1) is 0 Å². The Bertz CT molecular complexity index is 1470. The molecule has 0 heterocycles. The first-order valence-corrected chi connectivity index (χ1v) is 36.8. The summed E-state index contributed by atoms with van der Waals surface area (Å²) in [7, 11) is 0. The van der Waals surface area contributed by atoms with Crippen molar-refractivity contribution in [3.63, 3.8) is 0 Å². The van der Waals surface area contributed by atoms with E-state index in [-0.39, 0.29) is 31.1 Å². The molecular formula is C77H140O6. The summed E-state index contributed by atoms with van der Waals surface area (Å²) in [5.41, 5.74) is 0. The Kier molecular flexibility index (Phi) is 69.1. The van der Waals surface area contributed by atoms with Crippen LogP contribution in [0, 0.1) is 0 Å². The van der Waals surface area contributed by atoms with Gasteiger partial charge in [-0.05, 0) is 89.9 Å². The van der Waals surface area contributed by atoms with Gasteiger partial charge in [0, 0.05) is 19.3 Å². The van der Waals surface area contributed by atoms with Crippen molar-refractivity contribution in [2.45, 2.75) is 399 Å². The average Bonchev–Trinajstić information content (AvgIpc) is 3.49. The highest BCUT2D eigenvalue weighted by molar-refractivity contribution is 5.71. The van der Waals surface area contributed by atoms with E-state index in [1.807, 2.05) is 0 Å². The van der Waals surface area contributed by atoms with E-state index in [4.69, 9.17) is 14.2 Å². The van der Waals surface area contributed by atoms with Gasteiger partial charge in [0.2, 0.25) is 0 Å². The van der Waals surface area contributed by atoms with Crippen molar-refractivity contribution < 1.29 is 28.6 Å². The van der Waals surface area contributed by atoms with Crippen molar-refractivity contribution in [1.82, 2.24) is 0 Å². The van der Waals surface area contributed by atoms with Gasteiger partial charge in [-0.3, -0.25) is 14.4 Å². The number of hydrogen-bond donors (Lipinski definition) is 0. The lowest BCUT2D eigenvalue weighted by atomic mass is 10.0. The molecule has 1 atom stereocenters. The molecule has 0 saturated carbocycles. The molecule has 0 aromatic heterocycles. The number of carbonyl (C=O) groups is 3.